The summed E-state index contributed by atoms with van der Waals surface area (Å²) in [5, 5.41) is 0. The minimum absolute atomic E-state index is 0. The van der Waals surface area contributed by atoms with Crippen LogP contribution < -0.4 is 24.8 Å². The standard InChI is InChI=1S/C11H11N3O2.2ClH.Co/c1-2-8(10-12-4-6-15-10)14-9(3-1)11-13-5-7-16-11;;;/h1-3H,4-7H2;2*1H;/q;;;+2/p-2. The number of halogens is 2. The van der Waals surface area contributed by atoms with E-state index >= 15 is 0 Å². The summed E-state index contributed by atoms with van der Waals surface area (Å²) in [7, 11) is 0. The van der Waals surface area contributed by atoms with Gasteiger partial charge in [0, 0.05) is 0 Å². The van der Waals surface area contributed by atoms with Crippen LogP contribution in [0, 0.1) is 0 Å². The summed E-state index contributed by atoms with van der Waals surface area (Å²) in [6, 6.07) is 5.67. The van der Waals surface area contributed by atoms with Crippen molar-refractivity contribution in [1.82, 2.24) is 4.98 Å². The van der Waals surface area contributed by atoms with Crippen LogP contribution in [0.1, 0.15) is 11.4 Å². The van der Waals surface area contributed by atoms with Crippen molar-refractivity contribution in [2.75, 3.05) is 26.3 Å². The Morgan fingerprint density at radius 2 is 1.32 bits per heavy atom. The molecule has 0 spiro atoms. The van der Waals surface area contributed by atoms with E-state index < -0.39 is 0 Å². The van der Waals surface area contributed by atoms with Crippen LogP contribution in [0.15, 0.2) is 28.2 Å². The van der Waals surface area contributed by atoms with Gasteiger partial charge in [0.2, 0.25) is 11.8 Å². The minimum Gasteiger partial charge on any atom is -1.00 e. The van der Waals surface area contributed by atoms with Gasteiger partial charge in [0.25, 0.3) is 0 Å². The molecule has 3 rings (SSSR count). The predicted octanol–water partition coefficient (Wildman–Crippen LogP) is -5.36. The molecule has 19 heavy (non-hydrogen) atoms. The zero-order valence-corrected chi connectivity index (χ0v) is 12.4. The van der Waals surface area contributed by atoms with E-state index in [1.807, 2.05) is 18.2 Å². The second-order valence-corrected chi connectivity index (χ2v) is 3.48. The van der Waals surface area contributed by atoms with Crippen LogP contribution in [0.2, 0.25) is 0 Å². The zero-order valence-electron chi connectivity index (χ0n) is 9.81. The molecule has 1 aromatic heterocycles. The minimum atomic E-state index is 0. The molecule has 2 aliphatic rings. The van der Waals surface area contributed by atoms with Crippen LogP contribution in [0.5, 0.6) is 0 Å². The number of pyridine rings is 1. The van der Waals surface area contributed by atoms with Gasteiger partial charge in [0.1, 0.15) is 24.6 Å². The van der Waals surface area contributed by atoms with E-state index in [4.69, 9.17) is 9.47 Å². The van der Waals surface area contributed by atoms with Gasteiger partial charge in [0.15, 0.2) is 0 Å². The number of hydrogen-bond acceptors (Lipinski definition) is 5. The zero-order chi connectivity index (χ0) is 10.8. The predicted molar refractivity (Wildman–Crippen MR) is 58.9 cm³/mol. The molecule has 105 valence electrons. The molecule has 0 bridgehead atoms. The maximum Gasteiger partial charge on any atom is 2.00 e. The van der Waals surface area contributed by atoms with E-state index in [-0.39, 0.29) is 41.6 Å². The Kier molecular flexibility index (Phi) is 8.01. The summed E-state index contributed by atoms with van der Waals surface area (Å²) in [5.74, 6) is 1.22. The fourth-order valence-electron chi connectivity index (χ4n) is 1.65. The van der Waals surface area contributed by atoms with Crippen LogP contribution in [0.4, 0.5) is 0 Å². The summed E-state index contributed by atoms with van der Waals surface area (Å²) in [6.07, 6.45) is 0. The van der Waals surface area contributed by atoms with Crippen molar-refractivity contribution < 1.29 is 51.1 Å². The van der Waals surface area contributed by atoms with E-state index in [2.05, 4.69) is 15.0 Å². The first-order chi connectivity index (χ1) is 7.93. The molecular weight excluding hydrogens is 336 g/mol. The molecule has 0 aromatic carbocycles. The summed E-state index contributed by atoms with van der Waals surface area (Å²) in [4.78, 5) is 12.9. The van der Waals surface area contributed by atoms with Gasteiger partial charge in [-0.25, -0.2) is 15.0 Å². The third kappa shape index (κ3) is 4.07. The van der Waals surface area contributed by atoms with E-state index in [1.54, 1.807) is 0 Å². The fraction of sp³-hybridized carbons (Fsp3) is 0.364. The summed E-state index contributed by atoms with van der Waals surface area (Å²) >= 11 is 0. The summed E-state index contributed by atoms with van der Waals surface area (Å²) in [5.41, 5.74) is 1.49. The summed E-state index contributed by atoms with van der Waals surface area (Å²) < 4.78 is 10.7. The number of nitrogens with zero attached hydrogens (tertiary/aromatic N) is 3. The molecule has 5 nitrogen and oxygen atoms in total. The molecule has 1 aromatic rings. The second kappa shape index (κ2) is 8.37. The van der Waals surface area contributed by atoms with Crippen molar-refractivity contribution in [3.63, 3.8) is 0 Å². The molecule has 1 radical (unpaired) electrons. The Balaban J connectivity index is 0.00000108. The average Bonchev–Trinajstić information content (AvgIpc) is 3.03. The van der Waals surface area contributed by atoms with Gasteiger partial charge in [-0.15, -0.1) is 0 Å². The molecule has 3 heterocycles. The van der Waals surface area contributed by atoms with Crippen molar-refractivity contribution in [3.8, 4) is 0 Å². The van der Waals surface area contributed by atoms with Crippen LogP contribution in [-0.2, 0) is 26.3 Å². The molecule has 0 fully saturated rings. The Labute approximate surface area is 133 Å². The quantitative estimate of drug-likeness (QED) is 0.537. The number of rotatable bonds is 2. The third-order valence-electron chi connectivity index (χ3n) is 2.36. The van der Waals surface area contributed by atoms with Crippen LogP contribution >= 0.6 is 0 Å². The molecule has 0 saturated heterocycles. The average molecular weight is 347 g/mol. The van der Waals surface area contributed by atoms with E-state index in [1.165, 1.54) is 0 Å². The number of aromatic nitrogens is 1. The Morgan fingerprint density at radius 1 is 0.842 bits per heavy atom. The molecule has 8 heteroatoms. The van der Waals surface area contributed by atoms with Crippen LogP contribution in [0.3, 0.4) is 0 Å². The SMILES string of the molecule is [Cl-].[Cl-].[Co+2].c1cc(C2=NCCO2)nc(C2=NCCO2)c1. The Hall–Kier alpha value is -0.824. The van der Waals surface area contributed by atoms with Crippen molar-refractivity contribution in [2.24, 2.45) is 9.98 Å². The first-order valence-corrected chi connectivity index (χ1v) is 5.26. The number of aliphatic imine (C=N–C) groups is 2. The topological polar surface area (TPSA) is 56.1 Å². The van der Waals surface area contributed by atoms with Crippen molar-refractivity contribution in [2.45, 2.75) is 0 Å². The van der Waals surface area contributed by atoms with Crippen molar-refractivity contribution >= 4 is 11.8 Å². The fourth-order valence-corrected chi connectivity index (χ4v) is 1.65. The largest absolute Gasteiger partial charge is 2.00 e. The molecular formula is C11H11Cl2CoN3O2. The van der Waals surface area contributed by atoms with E-state index in [9.17, 15) is 0 Å². The molecule has 0 unspecified atom stereocenters. The molecule has 0 aliphatic carbocycles. The van der Waals surface area contributed by atoms with E-state index in [0.29, 0.717) is 38.1 Å². The first kappa shape index (κ1) is 18.2. The molecule has 2 aliphatic heterocycles. The van der Waals surface area contributed by atoms with Crippen LogP contribution in [-0.4, -0.2) is 43.1 Å². The molecule has 0 N–H and O–H groups in total. The number of hydrogen-bond donors (Lipinski definition) is 0. The molecule has 0 amide bonds. The van der Waals surface area contributed by atoms with Crippen molar-refractivity contribution in [3.05, 3.63) is 29.6 Å². The van der Waals surface area contributed by atoms with Gasteiger partial charge in [-0.2, -0.15) is 0 Å². The normalized spacial score (nSPS) is 15.8. The maximum atomic E-state index is 5.36. The van der Waals surface area contributed by atoms with E-state index in [0.717, 1.165) is 11.4 Å². The van der Waals surface area contributed by atoms with Gasteiger partial charge >= 0.3 is 16.8 Å². The monoisotopic (exact) mass is 346 g/mol. The van der Waals surface area contributed by atoms with Crippen molar-refractivity contribution in [1.29, 1.82) is 0 Å². The first-order valence-electron chi connectivity index (χ1n) is 5.26. The van der Waals surface area contributed by atoms with Gasteiger partial charge < -0.3 is 34.3 Å². The third-order valence-corrected chi connectivity index (χ3v) is 2.36. The number of ether oxygens (including phenoxy) is 2. The van der Waals surface area contributed by atoms with Gasteiger partial charge in [-0.3, -0.25) is 0 Å². The Morgan fingerprint density at radius 3 is 1.68 bits per heavy atom. The summed E-state index contributed by atoms with van der Waals surface area (Å²) in [6.45, 7) is 2.69. The Bertz CT molecular complexity index is 444. The maximum absolute atomic E-state index is 5.36. The smallest absolute Gasteiger partial charge is 1.00 e. The van der Waals surface area contributed by atoms with Gasteiger partial charge in [-0.05, 0) is 12.1 Å². The molecule has 0 atom stereocenters. The second-order valence-electron chi connectivity index (χ2n) is 3.48. The van der Waals surface area contributed by atoms with Gasteiger partial charge in [-0.1, -0.05) is 6.07 Å². The van der Waals surface area contributed by atoms with Gasteiger partial charge in [0.05, 0.1) is 13.1 Å². The van der Waals surface area contributed by atoms with Crippen LogP contribution in [0.25, 0.3) is 0 Å². The molecule has 0 saturated carbocycles.